The highest BCUT2D eigenvalue weighted by atomic mass is 127. The predicted molar refractivity (Wildman–Crippen MR) is 85.3 cm³/mol. The summed E-state index contributed by atoms with van der Waals surface area (Å²) in [6.07, 6.45) is 3.43. The molecule has 0 spiro atoms. The van der Waals surface area contributed by atoms with Crippen LogP contribution < -0.4 is 10.6 Å². The molecule has 0 aliphatic heterocycles. The van der Waals surface area contributed by atoms with Crippen LogP contribution in [0.2, 0.25) is 0 Å². The third kappa shape index (κ3) is 10.8. The molecule has 0 amide bonds. The maximum atomic E-state index is 4.99. The summed E-state index contributed by atoms with van der Waals surface area (Å²) in [4.78, 5) is 4.18. The van der Waals surface area contributed by atoms with E-state index >= 15 is 0 Å². The Morgan fingerprint density at radius 3 is 2.35 bits per heavy atom. The predicted octanol–water partition coefficient (Wildman–Crippen LogP) is 2.24. The van der Waals surface area contributed by atoms with E-state index < -0.39 is 0 Å². The molecule has 0 fully saturated rings. The third-order valence-electron chi connectivity index (χ3n) is 2.75. The van der Waals surface area contributed by atoms with Crippen LogP contribution in [-0.2, 0) is 4.74 Å². The summed E-state index contributed by atoms with van der Waals surface area (Å²) in [5.74, 6) is 1.63. The Kier molecular flexibility index (Phi) is 15.9. The molecule has 0 aromatic heterocycles. The van der Waals surface area contributed by atoms with Gasteiger partial charge >= 0.3 is 0 Å². The fourth-order valence-electron chi connectivity index (χ4n) is 1.46. The molecule has 0 atom stereocenters. The molecule has 104 valence electrons. The smallest absolute Gasteiger partial charge is 0.190 e. The molecule has 2 N–H and O–H groups in total. The number of guanidine groups is 1. The highest BCUT2D eigenvalue weighted by Crippen LogP contribution is 2.04. The van der Waals surface area contributed by atoms with Gasteiger partial charge in [-0.05, 0) is 12.3 Å². The van der Waals surface area contributed by atoms with Crippen molar-refractivity contribution in [3.63, 3.8) is 0 Å². The van der Waals surface area contributed by atoms with E-state index in [9.17, 15) is 0 Å². The number of nitrogens with one attached hydrogen (secondary N) is 2. The van der Waals surface area contributed by atoms with E-state index in [2.05, 4.69) is 29.5 Å². The molecule has 0 saturated heterocycles. The molecular weight excluding hydrogens is 329 g/mol. The minimum absolute atomic E-state index is 0. The number of methoxy groups -OCH3 is 1. The number of hydrogen-bond acceptors (Lipinski definition) is 2. The van der Waals surface area contributed by atoms with Crippen molar-refractivity contribution in [3.8, 4) is 0 Å². The molecule has 0 aromatic carbocycles. The number of nitrogens with zero attached hydrogens (tertiary/aromatic N) is 1. The largest absolute Gasteiger partial charge is 0.385 e. The van der Waals surface area contributed by atoms with Crippen LogP contribution >= 0.6 is 24.0 Å². The maximum absolute atomic E-state index is 4.99. The van der Waals surface area contributed by atoms with Crippen molar-refractivity contribution in [3.05, 3.63) is 0 Å². The fourth-order valence-corrected chi connectivity index (χ4v) is 1.46. The van der Waals surface area contributed by atoms with Gasteiger partial charge in [-0.3, -0.25) is 4.99 Å². The lowest BCUT2D eigenvalue weighted by Gasteiger charge is -2.16. The second-order valence-electron chi connectivity index (χ2n) is 3.91. The Bertz CT molecular complexity index is 185. The first-order chi connectivity index (χ1) is 7.78. The van der Waals surface area contributed by atoms with Gasteiger partial charge in [0.15, 0.2) is 5.96 Å². The molecule has 0 heterocycles. The third-order valence-corrected chi connectivity index (χ3v) is 2.75. The number of aliphatic imine (C=N–C) groups is 1. The van der Waals surface area contributed by atoms with Crippen LogP contribution in [0.15, 0.2) is 4.99 Å². The molecule has 0 unspecified atom stereocenters. The van der Waals surface area contributed by atoms with Crippen molar-refractivity contribution in [2.75, 3.05) is 33.9 Å². The average Bonchev–Trinajstić information content (AvgIpc) is 2.33. The van der Waals surface area contributed by atoms with Gasteiger partial charge in [0.1, 0.15) is 0 Å². The van der Waals surface area contributed by atoms with E-state index in [1.165, 1.54) is 12.8 Å². The quantitative estimate of drug-likeness (QED) is 0.303. The zero-order valence-corrected chi connectivity index (χ0v) is 13.9. The second-order valence-corrected chi connectivity index (χ2v) is 3.91. The van der Waals surface area contributed by atoms with Gasteiger partial charge in [0, 0.05) is 33.9 Å². The Balaban J connectivity index is 0. The lowest BCUT2D eigenvalue weighted by Crippen LogP contribution is -2.40. The first-order valence-corrected chi connectivity index (χ1v) is 6.21. The Hall–Kier alpha value is -0.0400. The molecule has 0 rings (SSSR count). The van der Waals surface area contributed by atoms with Gasteiger partial charge in [0.05, 0.1) is 0 Å². The molecule has 0 aliphatic carbocycles. The summed E-state index contributed by atoms with van der Waals surface area (Å²) in [5, 5.41) is 6.61. The lowest BCUT2D eigenvalue weighted by molar-refractivity contribution is 0.195. The topological polar surface area (TPSA) is 45.7 Å². The molecular formula is C12H28IN3O. The van der Waals surface area contributed by atoms with Gasteiger partial charge in [0.2, 0.25) is 0 Å². The summed E-state index contributed by atoms with van der Waals surface area (Å²) in [7, 11) is 3.53. The SMILES string of the molecule is CCC(CC)CNC(=NC)NCCCOC.I. The van der Waals surface area contributed by atoms with Crippen LogP contribution in [0.3, 0.4) is 0 Å². The molecule has 0 aliphatic rings. The number of ether oxygens (including phenoxy) is 1. The van der Waals surface area contributed by atoms with Crippen molar-refractivity contribution in [2.45, 2.75) is 33.1 Å². The minimum atomic E-state index is 0. The summed E-state index contributed by atoms with van der Waals surface area (Å²) in [5.41, 5.74) is 0. The van der Waals surface area contributed by atoms with E-state index in [0.29, 0.717) is 0 Å². The first-order valence-electron chi connectivity index (χ1n) is 6.21. The van der Waals surface area contributed by atoms with Crippen molar-refractivity contribution < 1.29 is 4.74 Å². The van der Waals surface area contributed by atoms with E-state index in [1.807, 2.05) is 0 Å². The molecule has 0 radical (unpaired) electrons. The van der Waals surface area contributed by atoms with Crippen molar-refractivity contribution >= 4 is 29.9 Å². The fraction of sp³-hybridized carbons (Fsp3) is 0.917. The maximum Gasteiger partial charge on any atom is 0.190 e. The second kappa shape index (κ2) is 14.0. The Morgan fingerprint density at radius 1 is 1.24 bits per heavy atom. The molecule has 0 bridgehead atoms. The van der Waals surface area contributed by atoms with Crippen LogP contribution in [0.1, 0.15) is 33.1 Å². The van der Waals surface area contributed by atoms with Gasteiger partial charge in [0.25, 0.3) is 0 Å². The summed E-state index contributed by atoms with van der Waals surface area (Å²) >= 11 is 0. The van der Waals surface area contributed by atoms with E-state index in [-0.39, 0.29) is 24.0 Å². The molecule has 5 heteroatoms. The normalized spacial score (nSPS) is 11.2. The Labute approximate surface area is 123 Å². The van der Waals surface area contributed by atoms with Crippen LogP contribution in [0.5, 0.6) is 0 Å². The van der Waals surface area contributed by atoms with Crippen LogP contribution in [0.25, 0.3) is 0 Å². The minimum Gasteiger partial charge on any atom is -0.385 e. The van der Waals surface area contributed by atoms with Crippen LogP contribution in [0, 0.1) is 5.92 Å². The molecule has 17 heavy (non-hydrogen) atoms. The molecule has 4 nitrogen and oxygen atoms in total. The van der Waals surface area contributed by atoms with E-state index in [1.54, 1.807) is 14.2 Å². The monoisotopic (exact) mass is 357 g/mol. The standard InChI is InChI=1S/C12H27N3O.HI/c1-5-11(6-2)10-15-12(13-3)14-8-7-9-16-4;/h11H,5-10H2,1-4H3,(H2,13,14,15);1H. The zero-order chi connectivity index (χ0) is 12.2. The van der Waals surface area contributed by atoms with Crippen LogP contribution in [-0.4, -0.2) is 39.8 Å². The van der Waals surface area contributed by atoms with Crippen molar-refractivity contribution in [1.82, 2.24) is 10.6 Å². The van der Waals surface area contributed by atoms with Gasteiger partial charge < -0.3 is 15.4 Å². The molecule has 0 aromatic rings. The molecule has 0 saturated carbocycles. The van der Waals surface area contributed by atoms with Crippen molar-refractivity contribution in [2.24, 2.45) is 10.9 Å². The summed E-state index contributed by atoms with van der Waals surface area (Å²) in [6, 6.07) is 0. The van der Waals surface area contributed by atoms with Gasteiger partial charge in [-0.15, -0.1) is 24.0 Å². The lowest BCUT2D eigenvalue weighted by atomic mass is 10.0. The number of halogens is 1. The summed E-state index contributed by atoms with van der Waals surface area (Å²) in [6.45, 7) is 7.14. The Morgan fingerprint density at radius 2 is 1.88 bits per heavy atom. The number of hydrogen-bond donors (Lipinski definition) is 2. The average molecular weight is 357 g/mol. The zero-order valence-electron chi connectivity index (χ0n) is 11.6. The van der Waals surface area contributed by atoms with Gasteiger partial charge in [-0.25, -0.2) is 0 Å². The summed E-state index contributed by atoms with van der Waals surface area (Å²) < 4.78 is 4.99. The van der Waals surface area contributed by atoms with E-state index in [4.69, 9.17) is 4.74 Å². The highest BCUT2D eigenvalue weighted by molar-refractivity contribution is 14.0. The van der Waals surface area contributed by atoms with Crippen molar-refractivity contribution in [1.29, 1.82) is 0 Å². The first kappa shape index (κ1) is 19.3. The van der Waals surface area contributed by atoms with Crippen LogP contribution in [0.4, 0.5) is 0 Å². The van der Waals surface area contributed by atoms with Gasteiger partial charge in [-0.2, -0.15) is 0 Å². The highest BCUT2D eigenvalue weighted by Gasteiger charge is 2.04. The number of rotatable bonds is 8. The van der Waals surface area contributed by atoms with Gasteiger partial charge in [-0.1, -0.05) is 26.7 Å². The van der Waals surface area contributed by atoms with E-state index in [0.717, 1.165) is 38.0 Å².